The third-order valence-electron chi connectivity index (χ3n) is 3.32. The standard InChI is InChI=1S/C15H11NO6/c17-7-1-2-8-9(5-7)16-12(15(22)13(8)20)6-3-10(18)14(21)11(19)4-6/h1-5,17-19,21-22H,(H,16,20). The van der Waals surface area contributed by atoms with Gasteiger partial charge < -0.3 is 30.5 Å². The Morgan fingerprint density at radius 1 is 0.818 bits per heavy atom. The van der Waals surface area contributed by atoms with Crippen molar-refractivity contribution in [1.82, 2.24) is 4.98 Å². The maximum Gasteiger partial charge on any atom is 0.231 e. The predicted molar refractivity (Wildman–Crippen MR) is 78.3 cm³/mol. The van der Waals surface area contributed by atoms with Crippen molar-refractivity contribution in [2.24, 2.45) is 0 Å². The average Bonchev–Trinajstić information content (AvgIpc) is 2.47. The van der Waals surface area contributed by atoms with Gasteiger partial charge in [0.15, 0.2) is 23.0 Å². The average molecular weight is 301 g/mol. The third kappa shape index (κ3) is 1.96. The molecule has 7 heteroatoms. The Morgan fingerprint density at radius 2 is 1.45 bits per heavy atom. The number of phenols is 4. The highest BCUT2D eigenvalue weighted by atomic mass is 16.3. The number of aromatic amines is 1. The Kier molecular flexibility index (Phi) is 2.84. The second-order valence-electron chi connectivity index (χ2n) is 4.77. The third-order valence-corrected chi connectivity index (χ3v) is 3.32. The molecule has 1 heterocycles. The summed E-state index contributed by atoms with van der Waals surface area (Å²) in [5.74, 6) is -2.60. The molecule has 112 valence electrons. The number of rotatable bonds is 1. The maximum atomic E-state index is 12.1. The van der Waals surface area contributed by atoms with E-state index in [2.05, 4.69) is 4.98 Å². The molecule has 0 bridgehead atoms. The molecule has 0 spiro atoms. The topological polar surface area (TPSA) is 134 Å². The van der Waals surface area contributed by atoms with E-state index in [9.17, 15) is 30.3 Å². The molecule has 0 saturated carbocycles. The predicted octanol–water partition coefficient (Wildman–Crippen LogP) is 1.72. The van der Waals surface area contributed by atoms with Crippen LogP contribution in [0.5, 0.6) is 28.7 Å². The van der Waals surface area contributed by atoms with Crippen LogP contribution in [0.4, 0.5) is 0 Å². The van der Waals surface area contributed by atoms with Crippen molar-refractivity contribution in [3.05, 3.63) is 40.6 Å². The van der Waals surface area contributed by atoms with Crippen LogP contribution < -0.4 is 5.43 Å². The quantitative estimate of drug-likeness (QED) is 0.379. The molecule has 3 rings (SSSR count). The molecule has 0 aliphatic carbocycles. The van der Waals surface area contributed by atoms with Gasteiger partial charge in [-0.2, -0.15) is 0 Å². The van der Waals surface area contributed by atoms with E-state index in [1.165, 1.54) is 18.2 Å². The van der Waals surface area contributed by atoms with E-state index in [0.717, 1.165) is 12.1 Å². The number of hydrogen-bond acceptors (Lipinski definition) is 6. The van der Waals surface area contributed by atoms with Gasteiger partial charge in [-0.15, -0.1) is 0 Å². The fourth-order valence-electron chi connectivity index (χ4n) is 2.23. The highest BCUT2D eigenvalue weighted by molar-refractivity contribution is 5.86. The second-order valence-corrected chi connectivity index (χ2v) is 4.77. The second kappa shape index (κ2) is 4.59. The molecule has 6 N–H and O–H groups in total. The van der Waals surface area contributed by atoms with Gasteiger partial charge in [-0.05, 0) is 24.3 Å². The highest BCUT2D eigenvalue weighted by Crippen LogP contribution is 2.40. The monoisotopic (exact) mass is 301 g/mol. The van der Waals surface area contributed by atoms with E-state index in [1.807, 2.05) is 0 Å². The summed E-state index contributed by atoms with van der Waals surface area (Å²) >= 11 is 0. The Balaban J connectivity index is 2.36. The van der Waals surface area contributed by atoms with E-state index in [4.69, 9.17) is 0 Å². The van der Waals surface area contributed by atoms with Gasteiger partial charge in [0, 0.05) is 17.0 Å². The van der Waals surface area contributed by atoms with Gasteiger partial charge in [-0.1, -0.05) is 0 Å². The van der Waals surface area contributed by atoms with Crippen molar-refractivity contribution in [1.29, 1.82) is 0 Å². The van der Waals surface area contributed by atoms with Crippen LogP contribution in [0.25, 0.3) is 22.2 Å². The molecule has 0 amide bonds. The number of H-pyrrole nitrogens is 1. The normalized spacial score (nSPS) is 10.9. The van der Waals surface area contributed by atoms with Crippen LogP contribution >= 0.6 is 0 Å². The fraction of sp³-hybridized carbons (Fsp3) is 0. The number of benzene rings is 2. The number of aromatic nitrogens is 1. The van der Waals surface area contributed by atoms with Crippen molar-refractivity contribution in [2.75, 3.05) is 0 Å². The van der Waals surface area contributed by atoms with Crippen LogP contribution in [-0.2, 0) is 0 Å². The summed E-state index contributed by atoms with van der Waals surface area (Å²) in [4.78, 5) is 14.9. The largest absolute Gasteiger partial charge is 0.508 e. The first-order valence-electron chi connectivity index (χ1n) is 6.21. The number of nitrogens with one attached hydrogen (secondary N) is 1. The first kappa shape index (κ1) is 13.6. The molecule has 22 heavy (non-hydrogen) atoms. The fourth-order valence-corrected chi connectivity index (χ4v) is 2.23. The van der Waals surface area contributed by atoms with Gasteiger partial charge in [0.1, 0.15) is 5.75 Å². The summed E-state index contributed by atoms with van der Waals surface area (Å²) in [7, 11) is 0. The molecule has 0 aliphatic heterocycles. The van der Waals surface area contributed by atoms with Crippen molar-refractivity contribution < 1.29 is 25.5 Å². The van der Waals surface area contributed by atoms with Crippen molar-refractivity contribution in [3.63, 3.8) is 0 Å². The van der Waals surface area contributed by atoms with Crippen LogP contribution in [0, 0.1) is 0 Å². The molecule has 7 nitrogen and oxygen atoms in total. The SMILES string of the molecule is O=c1c(O)c(-c2cc(O)c(O)c(O)c2)[nH]c2cc(O)ccc12. The lowest BCUT2D eigenvalue weighted by Gasteiger charge is -2.09. The zero-order valence-electron chi connectivity index (χ0n) is 11.0. The molecule has 0 atom stereocenters. The number of pyridine rings is 1. The summed E-state index contributed by atoms with van der Waals surface area (Å²) in [5.41, 5.74) is -0.373. The summed E-state index contributed by atoms with van der Waals surface area (Å²) in [6.07, 6.45) is 0. The summed E-state index contributed by atoms with van der Waals surface area (Å²) in [5, 5.41) is 48.1. The molecule has 2 aromatic carbocycles. The lowest BCUT2D eigenvalue weighted by Crippen LogP contribution is -2.04. The molecule has 0 aliphatic rings. The summed E-state index contributed by atoms with van der Waals surface area (Å²) in [6, 6.07) is 6.14. The molecular formula is C15H11NO6. The molecule has 1 aromatic heterocycles. The number of fused-ring (bicyclic) bond motifs is 1. The Labute approximate surface area is 123 Å². The van der Waals surface area contributed by atoms with E-state index < -0.39 is 28.4 Å². The van der Waals surface area contributed by atoms with Gasteiger partial charge in [-0.25, -0.2) is 0 Å². The van der Waals surface area contributed by atoms with Gasteiger partial charge in [0.25, 0.3) is 0 Å². The molecule has 0 saturated heterocycles. The minimum atomic E-state index is -0.705. The Morgan fingerprint density at radius 3 is 2.09 bits per heavy atom. The zero-order chi connectivity index (χ0) is 16.0. The molecule has 0 fully saturated rings. The number of phenolic OH excluding ortho intramolecular Hbond substituents is 4. The molecular weight excluding hydrogens is 290 g/mol. The minimum Gasteiger partial charge on any atom is -0.508 e. The van der Waals surface area contributed by atoms with E-state index >= 15 is 0 Å². The Bertz CT molecular complexity index is 937. The van der Waals surface area contributed by atoms with Crippen LogP contribution in [0.1, 0.15) is 0 Å². The Hall–Kier alpha value is -3.35. The molecule has 0 radical (unpaired) electrons. The van der Waals surface area contributed by atoms with Crippen LogP contribution in [0.15, 0.2) is 35.1 Å². The van der Waals surface area contributed by atoms with Crippen molar-refractivity contribution in [3.8, 4) is 40.0 Å². The van der Waals surface area contributed by atoms with Crippen molar-refractivity contribution in [2.45, 2.75) is 0 Å². The smallest absolute Gasteiger partial charge is 0.231 e. The van der Waals surface area contributed by atoms with Crippen molar-refractivity contribution >= 4 is 10.9 Å². The first-order valence-corrected chi connectivity index (χ1v) is 6.21. The first-order chi connectivity index (χ1) is 10.4. The summed E-state index contributed by atoms with van der Waals surface area (Å²) in [6.45, 7) is 0. The van der Waals surface area contributed by atoms with Crippen LogP contribution in [0.2, 0.25) is 0 Å². The van der Waals surface area contributed by atoms with E-state index in [0.29, 0.717) is 0 Å². The lowest BCUT2D eigenvalue weighted by atomic mass is 10.1. The van der Waals surface area contributed by atoms with Gasteiger partial charge in [0.2, 0.25) is 5.43 Å². The highest BCUT2D eigenvalue weighted by Gasteiger charge is 2.16. The number of hydrogen-bond donors (Lipinski definition) is 6. The van der Waals surface area contributed by atoms with E-state index in [1.54, 1.807) is 0 Å². The molecule has 3 aromatic rings. The zero-order valence-corrected chi connectivity index (χ0v) is 11.0. The van der Waals surface area contributed by atoms with Crippen LogP contribution in [-0.4, -0.2) is 30.5 Å². The van der Waals surface area contributed by atoms with Gasteiger partial charge in [0.05, 0.1) is 11.2 Å². The number of aromatic hydroxyl groups is 5. The van der Waals surface area contributed by atoms with E-state index in [-0.39, 0.29) is 27.9 Å². The van der Waals surface area contributed by atoms with Gasteiger partial charge >= 0.3 is 0 Å². The summed E-state index contributed by atoms with van der Waals surface area (Å²) < 4.78 is 0. The minimum absolute atomic E-state index is 0.0614. The van der Waals surface area contributed by atoms with Crippen LogP contribution in [0.3, 0.4) is 0 Å². The maximum absolute atomic E-state index is 12.1. The van der Waals surface area contributed by atoms with Gasteiger partial charge in [-0.3, -0.25) is 4.79 Å². The lowest BCUT2D eigenvalue weighted by molar-refractivity contribution is 0.368. The molecule has 0 unspecified atom stereocenters.